The fourth-order valence-electron chi connectivity index (χ4n) is 26.9. The predicted octanol–water partition coefficient (Wildman–Crippen LogP) is 38.1. The SMILES string of the molecule is CC(C)C(C1CCCCC1)N(C)C(C(C)C)C1CCCCC1.CC(C)C(c1ccccc1)N(C)C(C)(C)C.CC(C)C(c1ccccc1)N(C1CCCCC1)C(C)(C)C.CCC(CC)(CC)N(C)C(c1ccccc1)C(C)C.CN(C(C)(C)C)C(C)(C)C.CN(C(c1ccccc1)C(C)(C)C)C(C)(C)C.CN1C(C)(c2ccccc2)CCC1(C)c1ccccc1.CN1C(C)(c2ccccc2)c2ccccc2C1(C)c1ccccc1. The van der Waals surface area contributed by atoms with E-state index in [0.29, 0.717) is 47.5 Å². The fraction of sp³-hybridized carbons (Fsp3) is 0.617. The highest BCUT2D eigenvalue weighted by molar-refractivity contribution is 5.55. The third-order valence-electron chi connectivity index (χ3n) is 36.3. The summed E-state index contributed by atoms with van der Waals surface area (Å²) in [5.41, 5.74) is 15.7. The van der Waals surface area contributed by atoms with Crippen molar-refractivity contribution in [3.8, 4) is 0 Å². The van der Waals surface area contributed by atoms with Crippen molar-refractivity contribution in [2.75, 3.05) is 49.3 Å². The molecule has 10 atom stereocenters. The average Bonchev–Trinajstić information content (AvgIpc) is 1.54. The molecule has 828 valence electrons. The lowest BCUT2D eigenvalue weighted by molar-refractivity contribution is -0.00345. The van der Waals surface area contributed by atoms with Gasteiger partial charge in [-0.3, -0.25) is 39.2 Å². The van der Waals surface area contributed by atoms with Gasteiger partial charge in [0, 0.05) is 86.6 Å². The molecule has 4 fully saturated rings. The molecular weight excluding hydrogens is 1810 g/mol. The molecule has 1 saturated heterocycles. The van der Waals surface area contributed by atoms with Gasteiger partial charge < -0.3 is 0 Å². The molecule has 8 nitrogen and oxygen atoms in total. The van der Waals surface area contributed by atoms with Crippen molar-refractivity contribution in [1.29, 1.82) is 0 Å². The highest BCUT2D eigenvalue weighted by Crippen LogP contribution is 2.56. The molecule has 0 aromatic heterocycles. The lowest BCUT2D eigenvalue weighted by Crippen LogP contribution is -2.52. The van der Waals surface area contributed by atoms with Gasteiger partial charge in [0.15, 0.2) is 0 Å². The van der Waals surface area contributed by atoms with Crippen LogP contribution < -0.4 is 0 Å². The van der Waals surface area contributed by atoms with Crippen LogP contribution in [0.1, 0.15) is 451 Å². The van der Waals surface area contributed by atoms with Crippen LogP contribution in [0.4, 0.5) is 0 Å². The van der Waals surface area contributed by atoms with Crippen LogP contribution in [0.15, 0.2) is 267 Å². The van der Waals surface area contributed by atoms with Gasteiger partial charge in [0.05, 0.1) is 11.1 Å². The van der Waals surface area contributed by atoms with E-state index in [9.17, 15) is 0 Å². The Bertz CT molecular complexity index is 4930. The molecule has 149 heavy (non-hydrogen) atoms. The van der Waals surface area contributed by atoms with Crippen molar-refractivity contribution in [3.63, 3.8) is 0 Å². The lowest BCUT2D eigenvalue weighted by atomic mass is 9.74. The van der Waals surface area contributed by atoms with Crippen molar-refractivity contribution in [3.05, 3.63) is 323 Å². The Kier molecular flexibility index (Phi) is 49.5. The molecule has 14 rings (SSSR count). The maximum absolute atomic E-state index is 2.86. The number of benzene rings is 9. The Morgan fingerprint density at radius 3 is 0.799 bits per heavy atom. The Morgan fingerprint density at radius 1 is 0.282 bits per heavy atom. The van der Waals surface area contributed by atoms with E-state index in [4.69, 9.17) is 0 Å². The molecule has 8 heteroatoms. The zero-order valence-electron chi connectivity index (χ0n) is 104. The number of nitrogens with zero attached hydrogens (tertiary/aromatic N) is 8. The van der Waals surface area contributed by atoms with Gasteiger partial charge in [-0.1, -0.05) is 435 Å². The van der Waals surface area contributed by atoms with Crippen LogP contribution in [0.25, 0.3) is 0 Å². The maximum Gasteiger partial charge on any atom is 0.0697 e. The fourth-order valence-corrected chi connectivity index (χ4v) is 26.9. The Morgan fingerprint density at radius 2 is 0.544 bits per heavy atom. The van der Waals surface area contributed by atoms with E-state index >= 15 is 0 Å². The summed E-state index contributed by atoms with van der Waals surface area (Å²) < 4.78 is 0. The average molecular weight is 2030 g/mol. The summed E-state index contributed by atoms with van der Waals surface area (Å²) in [7, 11) is 15.9. The smallest absolute Gasteiger partial charge is 0.0697 e. The number of fused-ring (bicyclic) bond motifs is 1. The van der Waals surface area contributed by atoms with Gasteiger partial charge in [-0.25, -0.2) is 0 Å². The normalized spacial score (nSPS) is 20.8. The molecule has 0 amide bonds. The Hall–Kier alpha value is -7.34. The second-order valence-electron chi connectivity index (χ2n) is 54.0. The number of likely N-dealkylation sites (tertiary alicyclic amines) is 1. The third-order valence-corrected chi connectivity index (χ3v) is 36.3. The third kappa shape index (κ3) is 34.1. The molecule has 0 spiro atoms. The summed E-state index contributed by atoms with van der Waals surface area (Å²) in [5, 5.41) is 0. The van der Waals surface area contributed by atoms with Crippen molar-refractivity contribution in [2.24, 2.45) is 46.8 Å². The van der Waals surface area contributed by atoms with Gasteiger partial charge in [-0.05, 0) is 354 Å². The van der Waals surface area contributed by atoms with Crippen molar-refractivity contribution in [1.82, 2.24) is 39.2 Å². The highest BCUT2D eigenvalue weighted by atomic mass is 15.3. The number of rotatable bonds is 26. The largest absolute Gasteiger partial charge is 0.299 e. The summed E-state index contributed by atoms with van der Waals surface area (Å²) in [4.78, 5) is 20.7. The molecule has 0 radical (unpaired) electrons. The summed E-state index contributed by atoms with van der Waals surface area (Å²) >= 11 is 0. The van der Waals surface area contributed by atoms with Crippen LogP contribution >= 0.6 is 0 Å². The van der Waals surface area contributed by atoms with Gasteiger partial charge >= 0.3 is 0 Å². The summed E-state index contributed by atoms with van der Waals surface area (Å²) in [5.74, 6) is 5.35. The van der Waals surface area contributed by atoms with Crippen LogP contribution in [0.3, 0.4) is 0 Å². The number of hydrogen-bond acceptors (Lipinski definition) is 8. The van der Waals surface area contributed by atoms with Gasteiger partial charge in [0.25, 0.3) is 0 Å². The van der Waals surface area contributed by atoms with Gasteiger partial charge in [0.1, 0.15) is 0 Å². The minimum absolute atomic E-state index is 0.117. The summed E-state index contributed by atoms with van der Waals surface area (Å²) in [6.45, 7) is 81.4. The van der Waals surface area contributed by atoms with Crippen LogP contribution in [0.2, 0.25) is 0 Å². The first-order chi connectivity index (χ1) is 69.7. The minimum atomic E-state index is -0.150. The van der Waals surface area contributed by atoms with Crippen LogP contribution in [0.5, 0.6) is 0 Å². The van der Waals surface area contributed by atoms with Crippen LogP contribution in [-0.2, 0) is 22.2 Å². The molecule has 2 heterocycles. The lowest BCUT2D eigenvalue weighted by Gasteiger charge is -2.49. The van der Waals surface area contributed by atoms with Gasteiger partial charge in [-0.2, -0.15) is 0 Å². The minimum Gasteiger partial charge on any atom is -0.299 e. The molecular formula is C141H224N8. The van der Waals surface area contributed by atoms with E-state index in [1.807, 2.05) is 0 Å². The topological polar surface area (TPSA) is 25.9 Å². The van der Waals surface area contributed by atoms with Crippen molar-refractivity contribution in [2.45, 2.75) is 468 Å². The molecule has 2 aliphatic heterocycles. The molecule has 10 unspecified atom stereocenters. The number of hydrogen-bond donors (Lipinski definition) is 0. The molecule has 0 N–H and O–H groups in total. The highest BCUT2D eigenvalue weighted by Gasteiger charge is 2.54. The molecule has 5 aliphatic rings. The summed E-state index contributed by atoms with van der Waals surface area (Å²) in [6.07, 6.45) is 27.7. The Labute approximate surface area is 920 Å². The van der Waals surface area contributed by atoms with Crippen molar-refractivity contribution >= 4 is 0 Å². The van der Waals surface area contributed by atoms with E-state index < -0.39 is 0 Å². The molecule has 3 aliphatic carbocycles. The van der Waals surface area contributed by atoms with Crippen LogP contribution in [0, 0.1) is 46.8 Å². The van der Waals surface area contributed by atoms with Gasteiger partial charge in [0.2, 0.25) is 0 Å². The molecule has 0 bridgehead atoms. The van der Waals surface area contributed by atoms with E-state index in [2.05, 4.69) is 598 Å². The first kappa shape index (κ1) is 129. The zero-order chi connectivity index (χ0) is 111. The van der Waals surface area contributed by atoms with Crippen LogP contribution in [-0.4, -0.2) is 140 Å². The zero-order valence-corrected chi connectivity index (χ0v) is 104. The second kappa shape index (κ2) is 57.4. The van der Waals surface area contributed by atoms with Crippen molar-refractivity contribution < 1.29 is 0 Å². The summed E-state index contributed by atoms with van der Waals surface area (Å²) in [6, 6.07) is 100. The first-order valence-electron chi connectivity index (χ1n) is 59.2. The van der Waals surface area contributed by atoms with E-state index in [0.717, 1.165) is 41.8 Å². The standard InChI is InChI=1S/C23H23N.C21H41N.C20H33N.C19H23N.C18H31N.C16H27N.C15H25N.C9H21N/c1-22(18-12-6-4-7-13-18)20-16-10-11-17-21(20)23(2,24(22)3)19-14-8-5-9-15-19;1-16(2)20(18-12-8-6-9-13-18)22(5)21(17(3)4)19-14-10-7-11-15-19;1-16(2)19(17-12-8-6-9-13-17)21(20(3,4)5)18-14-10-7-11-15-18;1-18(16-10-6-4-7-11-16)14-15-19(2,20(18)3)17-12-8-5-9-13-17;1-7-18(8-2,9-3)19(6)17(15(4)5)16-13-11-10-12-14-16;1-15(2,3)14(17(7)16(4,5)6)13-11-9-8-10-12-13;1-12(2)14(16(6)15(3,4)5)13-10-8-7-9-11-13;1-8(2,3)10(7)9(4,5)6/h4-17H,1-3H3;16-21H,6-15H2,1-5H3;6,8-9,12-13,16,18-19H,7,10-11,14-15H2,1-5H3;4-13H,14-15H2,1-3H3;10-15,17H,7-9H2,1-6H3;8-12,14H,1-7H3;7-12,14H,1-6H3;1-7H3. The van der Waals surface area contributed by atoms with E-state index in [1.54, 1.807) is 0 Å². The molecule has 9 aromatic carbocycles. The Balaban J connectivity index is 0.000000232. The maximum atomic E-state index is 2.86. The second-order valence-corrected chi connectivity index (χ2v) is 54.0. The van der Waals surface area contributed by atoms with Gasteiger partial charge in [-0.15, -0.1) is 0 Å². The van der Waals surface area contributed by atoms with E-state index in [1.165, 1.54) is 184 Å². The monoisotopic (exact) mass is 2030 g/mol. The molecule has 3 saturated carbocycles. The predicted molar refractivity (Wildman–Crippen MR) is 656 cm³/mol. The van der Waals surface area contributed by atoms with E-state index in [-0.39, 0.29) is 55.3 Å². The quantitative estimate of drug-likeness (QED) is 0.0529. The molecule has 9 aromatic rings. The first-order valence-corrected chi connectivity index (χ1v) is 59.2.